The van der Waals surface area contributed by atoms with E-state index in [0.29, 0.717) is 22.6 Å². The van der Waals surface area contributed by atoms with Crippen LogP contribution in [-0.4, -0.2) is 36.3 Å². The molecule has 0 saturated heterocycles. The highest BCUT2D eigenvalue weighted by molar-refractivity contribution is 7.85. The van der Waals surface area contributed by atoms with Crippen LogP contribution in [0.15, 0.2) is 59.6 Å². The fraction of sp³-hybridized carbons (Fsp3) is 0.214. The lowest BCUT2D eigenvalue weighted by molar-refractivity contribution is -0.0751. The Hall–Kier alpha value is -3.81. The summed E-state index contributed by atoms with van der Waals surface area (Å²) in [6.45, 7) is 5.12. The smallest absolute Gasteiger partial charge is 0.227 e. The van der Waals surface area contributed by atoms with Crippen LogP contribution in [0, 0.1) is 38.2 Å². The van der Waals surface area contributed by atoms with E-state index in [9.17, 15) is 26.1 Å². The molecule has 3 N–H and O–H groups in total. The summed E-state index contributed by atoms with van der Waals surface area (Å²) in [5, 5.41) is 2.86. The number of rotatable bonds is 7. The first-order chi connectivity index (χ1) is 19.2. The third-order valence-electron chi connectivity index (χ3n) is 5.63. The van der Waals surface area contributed by atoms with Crippen molar-refractivity contribution in [2.45, 2.75) is 31.4 Å². The Labute approximate surface area is 239 Å². The van der Waals surface area contributed by atoms with Crippen LogP contribution < -0.4 is 14.8 Å². The normalized spacial score (nSPS) is 11.8. The molecule has 1 aromatic heterocycles. The van der Waals surface area contributed by atoms with Gasteiger partial charge in [0.05, 0.1) is 24.0 Å². The van der Waals surface area contributed by atoms with Crippen LogP contribution >= 0.6 is 0 Å². The summed E-state index contributed by atoms with van der Waals surface area (Å²) in [6, 6.07) is 11.5. The average Bonchev–Trinajstić information content (AvgIpc) is 2.83. The van der Waals surface area contributed by atoms with Crippen LogP contribution in [-0.2, 0) is 26.6 Å². The van der Waals surface area contributed by atoms with Crippen LogP contribution in [0.2, 0.25) is 0 Å². The van der Waals surface area contributed by atoms with E-state index in [1.165, 1.54) is 31.4 Å². The first-order valence-corrected chi connectivity index (χ1v) is 15.3. The average molecular weight is 607 g/mol. The van der Waals surface area contributed by atoms with Gasteiger partial charge in [0.15, 0.2) is 5.82 Å². The molecule has 0 bridgehead atoms. The van der Waals surface area contributed by atoms with Crippen LogP contribution in [0.1, 0.15) is 22.3 Å². The molecule has 0 amide bonds. The second kappa shape index (κ2) is 13.2. The first kappa shape index (κ1) is 31.7. The second-order valence-electron chi connectivity index (χ2n) is 9.23. The monoisotopic (exact) mass is 606 g/mol. The maximum absolute atomic E-state index is 14.3. The van der Waals surface area contributed by atoms with Gasteiger partial charge < -0.3 is 14.6 Å². The van der Waals surface area contributed by atoms with E-state index in [0.717, 1.165) is 23.4 Å². The van der Waals surface area contributed by atoms with Crippen molar-refractivity contribution in [2.75, 3.05) is 18.7 Å². The standard InChI is InChI=1S/C19H17F3N4OS.C9H12O3S/c1-27-17-8-12(20)3-4-15(17)18-16(22)9-24-19(26-18)25-14-6-11(10-28(2)23)5-13(21)7-14;1-6-4-7(2)9(8(3)5-6)13(10,11)12/h3-9,23H,10H2,1-2H3,(H,24,25,26);4-5H,1-3H3,(H,10,11,12). The Morgan fingerprint density at radius 1 is 1.00 bits per heavy atom. The van der Waals surface area contributed by atoms with Crippen LogP contribution in [0.25, 0.3) is 11.3 Å². The number of methoxy groups -OCH3 is 1. The quantitative estimate of drug-likeness (QED) is 0.296. The van der Waals surface area contributed by atoms with Gasteiger partial charge in [0.2, 0.25) is 5.95 Å². The van der Waals surface area contributed by atoms with Crippen molar-refractivity contribution in [2.24, 2.45) is 0 Å². The molecule has 0 radical (unpaired) electrons. The number of hydrogen-bond donors (Lipinski definition) is 2. The summed E-state index contributed by atoms with van der Waals surface area (Å²) in [5.41, 5.74) is 3.33. The minimum Gasteiger partial charge on any atom is -0.744 e. The number of hydrogen-bond acceptors (Lipinski definition) is 7. The molecule has 0 aliphatic rings. The summed E-state index contributed by atoms with van der Waals surface area (Å²) in [7, 11) is -3.37. The Bertz CT molecular complexity index is 1690. The van der Waals surface area contributed by atoms with Crippen LogP contribution in [0.5, 0.6) is 5.75 Å². The fourth-order valence-corrected chi connectivity index (χ4v) is 5.83. The minimum atomic E-state index is -4.33. The van der Waals surface area contributed by atoms with Crippen molar-refractivity contribution in [3.05, 3.63) is 94.4 Å². The molecule has 1 unspecified atom stereocenters. The lowest BCUT2D eigenvalue weighted by Gasteiger charge is -2.14. The molecule has 0 fully saturated rings. The molecule has 3 aromatic carbocycles. The maximum atomic E-state index is 14.3. The Morgan fingerprint density at radius 3 is 2.24 bits per heavy atom. The fourth-order valence-electron chi connectivity index (χ4n) is 4.24. The van der Waals surface area contributed by atoms with Gasteiger partial charge in [-0.2, -0.15) is 0 Å². The molecule has 0 aliphatic carbocycles. The van der Waals surface area contributed by atoms with E-state index < -0.39 is 27.6 Å². The summed E-state index contributed by atoms with van der Waals surface area (Å²) in [4.78, 5) is 7.96. The first-order valence-electron chi connectivity index (χ1n) is 12.0. The van der Waals surface area contributed by atoms with E-state index in [4.69, 9.17) is 9.52 Å². The molecule has 218 valence electrons. The highest BCUT2D eigenvalue weighted by atomic mass is 32.2. The van der Waals surface area contributed by atoms with Gasteiger partial charge >= 0.3 is 0 Å². The van der Waals surface area contributed by atoms with E-state index in [1.54, 1.807) is 32.0 Å². The van der Waals surface area contributed by atoms with Gasteiger partial charge in [0.1, 0.15) is 33.2 Å². The molecule has 0 spiro atoms. The molecular weight excluding hydrogens is 577 g/mol. The molecule has 1 heterocycles. The number of benzene rings is 3. The third kappa shape index (κ3) is 8.59. The predicted octanol–water partition coefficient (Wildman–Crippen LogP) is 4.52. The molecule has 1 atom stereocenters. The van der Waals surface area contributed by atoms with Crippen molar-refractivity contribution >= 4 is 32.4 Å². The summed E-state index contributed by atoms with van der Waals surface area (Å²) >= 11 is 0. The Kier molecular flexibility index (Phi) is 10.2. The number of halogens is 3. The van der Waals surface area contributed by atoms with Crippen molar-refractivity contribution in [1.29, 1.82) is 0 Å². The van der Waals surface area contributed by atoms with E-state index in [1.807, 2.05) is 13.2 Å². The van der Waals surface area contributed by atoms with E-state index in [-0.39, 0.29) is 38.5 Å². The summed E-state index contributed by atoms with van der Waals surface area (Å²) in [5.74, 6) is -0.941. The highest BCUT2D eigenvalue weighted by Crippen LogP contribution is 2.32. The van der Waals surface area contributed by atoms with Gasteiger partial charge in [-0.25, -0.2) is 36.3 Å². The van der Waals surface area contributed by atoms with Gasteiger partial charge in [-0.15, -0.1) is 0 Å². The molecule has 4 aromatic rings. The number of nitrogens with two attached hydrogens (primary N) is 1. The zero-order valence-electron chi connectivity index (χ0n) is 23.0. The highest BCUT2D eigenvalue weighted by Gasteiger charge is 2.16. The largest absolute Gasteiger partial charge is 0.744 e. The number of nitrogens with zero attached hydrogens (tertiary/aromatic N) is 2. The number of ether oxygens (including phenoxy) is 1. The number of nitrogens with one attached hydrogen (secondary N) is 1. The van der Waals surface area contributed by atoms with Gasteiger partial charge in [0.25, 0.3) is 0 Å². The summed E-state index contributed by atoms with van der Waals surface area (Å²) < 4.78 is 85.0. The molecule has 41 heavy (non-hydrogen) atoms. The number of aromatic nitrogens is 2. The Balaban J connectivity index is 0.000000298. The minimum absolute atomic E-state index is 0.0579. The third-order valence-corrected chi connectivity index (χ3v) is 7.56. The summed E-state index contributed by atoms with van der Waals surface area (Å²) in [6.07, 6.45) is 2.83. The lowest BCUT2D eigenvalue weighted by atomic mass is 10.1. The van der Waals surface area contributed by atoms with Crippen molar-refractivity contribution in [1.82, 2.24) is 9.97 Å². The zero-order valence-corrected chi connectivity index (χ0v) is 24.6. The number of anilines is 2. The van der Waals surface area contributed by atoms with Gasteiger partial charge in [-0.1, -0.05) is 17.7 Å². The van der Waals surface area contributed by atoms with Gasteiger partial charge in [0, 0.05) is 34.3 Å². The van der Waals surface area contributed by atoms with Crippen molar-refractivity contribution < 1.29 is 35.7 Å². The lowest BCUT2D eigenvalue weighted by Crippen LogP contribution is -2.34. The SMILES string of the molecule is COc1cc(F)ccc1-c1nc(Nc2cc(F)cc(CS(C)=[NH2+])c2)ncc1F.Cc1cc(C)c(S(=O)(=O)[O-])c(C)c1. The molecule has 13 heteroatoms. The molecule has 4 rings (SSSR count). The second-order valence-corrected chi connectivity index (χ2v) is 12.2. The van der Waals surface area contributed by atoms with E-state index >= 15 is 0 Å². The zero-order chi connectivity index (χ0) is 30.5. The molecular formula is C28H29F3N4O4S2. The van der Waals surface area contributed by atoms with Gasteiger partial charge in [-0.05, 0) is 67.8 Å². The maximum Gasteiger partial charge on any atom is 0.227 e. The van der Waals surface area contributed by atoms with Crippen LogP contribution in [0.4, 0.5) is 24.8 Å². The predicted molar refractivity (Wildman–Crippen MR) is 151 cm³/mol. The number of aryl methyl sites for hydroxylation is 3. The molecule has 0 aliphatic heterocycles. The van der Waals surface area contributed by atoms with Crippen molar-refractivity contribution in [3.8, 4) is 17.0 Å². The van der Waals surface area contributed by atoms with E-state index in [2.05, 4.69) is 15.3 Å². The Morgan fingerprint density at radius 2 is 1.66 bits per heavy atom. The van der Waals surface area contributed by atoms with Crippen LogP contribution in [0.3, 0.4) is 0 Å². The van der Waals surface area contributed by atoms with Gasteiger partial charge in [-0.3, -0.25) is 0 Å². The molecule has 8 nitrogen and oxygen atoms in total. The molecule has 0 saturated carbocycles. The topological polar surface area (TPSA) is 130 Å². The van der Waals surface area contributed by atoms with Crippen molar-refractivity contribution in [3.63, 3.8) is 0 Å².